The first-order valence-corrected chi connectivity index (χ1v) is 6.87. The molecule has 1 amide bonds. The van der Waals surface area contributed by atoms with Crippen molar-refractivity contribution in [2.45, 2.75) is 12.9 Å². The number of halogens is 4. The number of hydrogen-bond acceptors (Lipinski definition) is 3. The molecule has 1 aromatic heterocycles. The molecule has 2 aromatic rings. The first-order valence-electron chi connectivity index (χ1n) is 6.07. The Hall–Kier alpha value is -1.87. The maximum Gasteiger partial charge on any atom is 0.411 e. The van der Waals surface area contributed by atoms with Crippen LogP contribution in [0.15, 0.2) is 41.1 Å². The quantitative estimate of drug-likeness (QED) is 0.868. The van der Waals surface area contributed by atoms with E-state index in [2.05, 4.69) is 31.1 Å². The van der Waals surface area contributed by atoms with Crippen LogP contribution >= 0.6 is 15.9 Å². The van der Waals surface area contributed by atoms with Crippen LogP contribution in [0.5, 0.6) is 0 Å². The maximum atomic E-state index is 11.9. The summed E-state index contributed by atoms with van der Waals surface area (Å²) in [4.78, 5) is 11.9. The van der Waals surface area contributed by atoms with Gasteiger partial charge in [-0.15, -0.1) is 0 Å². The summed E-state index contributed by atoms with van der Waals surface area (Å²) in [6, 6.07) is 6.72. The number of carbonyl (C=O) groups is 1. The number of hydrogen-bond donors (Lipinski definition) is 1. The number of anilines is 1. The Kier molecular flexibility index (Phi) is 5.19. The van der Waals surface area contributed by atoms with Gasteiger partial charge in [-0.1, -0.05) is 15.9 Å². The minimum Gasteiger partial charge on any atom is -0.350 e. The number of benzene rings is 1. The van der Waals surface area contributed by atoms with Crippen LogP contribution in [0, 0.1) is 0 Å². The van der Waals surface area contributed by atoms with E-state index in [1.807, 2.05) is 0 Å². The van der Waals surface area contributed by atoms with Crippen molar-refractivity contribution in [3.8, 4) is 0 Å². The highest BCUT2D eigenvalue weighted by Gasteiger charge is 2.27. The smallest absolute Gasteiger partial charge is 0.350 e. The second-order valence-corrected chi connectivity index (χ2v) is 5.24. The van der Waals surface area contributed by atoms with Gasteiger partial charge in [0, 0.05) is 10.0 Å². The van der Waals surface area contributed by atoms with Gasteiger partial charge in [0.1, 0.15) is 13.3 Å². The lowest BCUT2D eigenvalue weighted by molar-refractivity contribution is -0.182. The number of nitrogens with zero attached hydrogens (tertiary/aromatic N) is 2. The van der Waals surface area contributed by atoms with Crippen molar-refractivity contribution in [2.24, 2.45) is 0 Å². The summed E-state index contributed by atoms with van der Waals surface area (Å²) < 4.78 is 42.3. The number of alkyl halides is 3. The van der Waals surface area contributed by atoms with Crippen LogP contribution < -0.4 is 5.32 Å². The lowest BCUT2D eigenvalue weighted by Gasteiger charge is -2.07. The summed E-state index contributed by atoms with van der Waals surface area (Å²) in [6.07, 6.45) is -1.67. The zero-order valence-corrected chi connectivity index (χ0v) is 12.7. The van der Waals surface area contributed by atoms with Gasteiger partial charge < -0.3 is 10.1 Å². The Bertz CT molecular complexity index is 641. The van der Waals surface area contributed by atoms with Crippen molar-refractivity contribution >= 4 is 27.5 Å². The fourth-order valence-corrected chi connectivity index (χ4v) is 1.82. The molecule has 0 saturated carbocycles. The molecule has 2 rings (SSSR count). The predicted molar refractivity (Wildman–Crippen MR) is 76.3 cm³/mol. The highest BCUT2D eigenvalue weighted by atomic mass is 79.9. The summed E-state index contributed by atoms with van der Waals surface area (Å²) >= 11 is 3.26. The van der Waals surface area contributed by atoms with Crippen molar-refractivity contribution in [3.05, 3.63) is 46.7 Å². The van der Waals surface area contributed by atoms with E-state index >= 15 is 0 Å². The molecular formula is C13H11BrF3N3O2. The number of nitrogens with one attached hydrogen (secondary N) is 1. The Morgan fingerprint density at radius 3 is 2.64 bits per heavy atom. The number of ether oxygens (including phenoxy) is 1. The Labute approximate surface area is 132 Å². The van der Waals surface area contributed by atoms with Gasteiger partial charge in [0.15, 0.2) is 0 Å². The molecule has 0 aliphatic heterocycles. The molecule has 0 unspecified atom stereocenters. The zero-order chi connectivity index (χ0) is 16.2. The van der Waals surface area contributed by atoms with E-state index in [0.717, 1.165) is 9.15 Å². The molecule has 22 heavy (non-hydrogen) atoms. The first kappa shape index (κ1) is 16.5. The van der Waals surface area contributed by atoms with E-state index in [0.29, 0.717) is 11.3 Å². The molecule has 9 heteroatoms. The summed E-state index contributed by atoms with van der Waals surface area (Å²) in [5, 5.41) is 6.39. The van der Waals surface area contributed by atoms with E-state index in [1.54, 1.807) is 24.3 Å². The molecule has 0 bridgehead atoms. The van der Waals surface area contributed by atoms with Gasteiger partial charge in [-0.3, -0.25) is 4.79 Å². The zero-order valence-electron chi connectivity index (χ0n) is 11.1. The van der Waals surface area contributed by atoms with Crippen LogP contribution in [0.2, 0.25) is 0 Å². The SMILES string of the molecule is O=C(Nc1cnn(COCC(F)(F)F)c1)c1ccc(Br)cc1. The molecule has 0 atom stereocenters. The second-order valence-electron chi connectivity index (χ2n) is 4.32. The fourth-order valence-electron chi connectivity index (χ4n) is 1.56. The Morgan fingerprint density at radius 2 is 2.00 bits per heavy atom. The minimum absolute atomic E-state index is 0.344. The third kappa shape index (κ3) is 5.15. The third-order valence-corrected chi connectivity index (χ3v) is 3.02. The van der Waals surface area contributed by atoms with Gasteiger partial charge >= 0.3 is 6.18 Å². The van der Waals surface area contributed by atoms with Crippen molar-refractivity contribution in [3.63, 3.8) is 0 Å². The van der Waals surface area contributed by atoms with Crippen LogP contribution in [0.1, 0.15) is 10.4 Å². The van der Waals surface area contributed by atoms with Crippen LogP contribution in [0.25, 0.3) is 0 Å². The number of amides is 1. The van der Waals surface area contributed by atoms with Gasteiger partial charge in [0.05, 0.1) is 18.1 Å². The molecule has 0 aliphatic carbocycles. The minimum atomic E-state index is -4.38. The second kappa shape index (κ2) is 6.93. The highest BCUT2D eigenvalue weighted by Crippen LogP contribution is 2.15. The van der Waals surface area contributed by atoms with Crippen molar-refractivity contribution in [1.82, 2.24) is 9.78 Å². The molecule has 118 valence electrons. The Balaban J connectivity index is 1.89. The molecule has 0 spiro atoms. The average molecular weight is 378 g/mol. The van der Waals surface area contributed by atoms with Gasteiger partial charge in [-0.05, 0) is 24.3 Å². The fraction of sp³-hybridized carbons (Fsp3) is 0.231. The van der Waals surface area contributed by atoms with Gasteiger partial charge in [0.2, 0.25) is 0 Å². The Morgan fingerprint density at radius 1 is 1.32 bits per heavy atom. The maximum absolute atomic E-state index is 11.9. The first-order chi connectivity index (χ1) is 10.3. The van der Waals surface area contributed by atoms with Crippen LogP contribution in [0.4, 0.5) is 18.9 Å². The van der Waals surface area contributed by atoms with E-state index in [9.17, 15) is 18.0 Å². The summed E-state index contributed by atoms with van der Waals surface area (Å²) in [5.41, 5.74) is 0.813. The summed E-state index contributed by atoms with van der Waals surface area (Å²) in [6.45, 7) is -1.71. The van der Waals surface area contributed by atoms with Gasteiger partial charge in [0.25, 0.3) is 5.91 Å². The monoisotopic (exact) mass is 377 g/mol. The van der Waals surface area contributed by atoms with Crippen molar-refractivity contribution < 1.29 is 22.7 Å². The highest BCUT2D eigenvalue weighted by molar-refractivity contribution is 9.10. The molecule has 1 heterocycles. The summed E-state index contributed by atoms with van der Waals surface area (Å²) in [5.74, 6) is -0.344. The molecule has 5 nitrogen and oxygen atoms in total. The molecule has 1 N–H and O–H groups in total. The predicted octanol–water partition coefficient (Wildman–Crippen LogP) is 3.43. The van der Waals surface area contributed by atoms with Crippen molar-refractivity contribution in [1.29, 1.82) is 0 Å². The molecule has 0 radical (unpaired) electrons. The molecule has 0 aliphatic rings. The van der Waals surface area contributed by atoms with Crippen molar-refractivity contribution in [2.75, 3.05) is 11.9 Å². The lowest BCUT2D eigenvalue weighted by atomic mass is 10.2. The third-order valence-electron chi connectivity index (χ3n) is 2.49. The topological polar surface area (TPSA) is 56.2 Å². The number of carbonyl (C=O) groups excluding carboxylic acids is 1. The normalized spacial score (nSPS) is 11.5. The largest absolute Gasteiger partial charge is 0.411 e. The molecule has 0 saturated heterocycles. The van der Waals surface area contributed by atoms with Crippen LogP contribution in [-0.4, -0.2) is 28.5 Å². The average Bonchev–Trinajstić information content (AvgIpc) is 2.85. The molecule has 0 fully saturated rings. The molecular weight excluding hydrogens is 367 g/mol. The lowest BCUT2D eigenvalue weighted by Crippen LogP contribution is -2.18. The van der Waals surface area contributed by atoms with E-state index in [1.165, 1.54) is 12.4 Å². The summed E-state index contributed by atoms with van der Waals surface area (Å²) in [7, 11) is 0. The van der Waals surface area contributed by atoms with E-state index in [4.69, 9.17) is 0 Å². The van der Waals surface area contributed by atoms with Gasteiger partial charge in [-0.25, -0.2) is 4.68 Å². The standard InChI is InChI=1S/C13H11BrF3N3O2/c14-10-3-1-9(2-4-10)12(21)19-11-5-18-20(6-11)8-22-7-13(15,16)17/h1-6H,7-8H2,(H,19,21). The number of rotatable bonds is 5. The number of aromatic nitrogens is 2. The van der Waals surface area contributed by atoms with Gasteiger partial charge in [-0.2, -0.15) is 18.3 Å². The van der Waals surface area contributed by atoms with E-state index < -0.39 is 12.8 Å². The van der Waals surface area contributed by atoms with E-state index in [-0.39, 0.29) is 12.6 Å². The van der Waals surface area contributed by atoms with Crippen LogP contribution in [-0.2, 0) is 11.5 Å². The molecule has 1 aromatic carbocycles. The van der Waals surface area contributed by atoms with Crippen LogP contribution in [0.3, 0.4) is 0 Å².